The second-order valence-corrected chi connectivity index (χ2v) is 6.55. The molecule has 1 aliphatic heterocycles. The predicted octanol–water partition coefficient (Wildman–Crippen LogP) is 1.23. The molecule has 1 aliphatic carbocycles. The summed E-state index contributed by atoms with van der Waals surface area (Å²) in [6.07, 6.45) is 1.90. The van der Waals surface area contributed by atoms with Crippen LogP contribution in [0.3, 0.4) is 0 Å². The van der Waals surface area contributed by atoms with E-state index in [4.69, 9.17) is 4.74 Å². The number of carbonyl (C=O) groups is 3. The monoisotopic (exact) mass is 346 g/mol. The van der Waals surface area contributed by atoms with Gasteiger partial charge in [-0.15, -0.1) is 0 Å². The van der Waals surface area contributed by atoms with Crippen molar-refractivity contribution in [3.8, 4) is 0 Å². The SMILES string of the molecule is CC(=O)N1C(=O)COCC1C(O)c1ccc(NC(=O)C2CCC2)cc1. The lowest BCUT2D eigenvalue weighted by Crippen LogP contribution is -2.54. The summed E-state index contributed by atoms with van der Waals surface area (Å²) in [4.78, 5) is 36.6. The molecule has 3 rings (SSSR count). The molecule has 0 aromatic heterocycles. The van der Waals surface area contributed by atoms with Crippen LogP contribution in [0.4, 0.5) is 5.69 Å². The first-order valence-electron chi connectivity index (χ1n) is 8.46. The Bertz CT molecular complexity index is 669. The number of amides is 3. The van der Waals surface area contributed by atoms with Gasteiger partial charge in [0, 0.05) is 18.5 Å². The van der Waals surface area contributed by atoms with E-state index in [1.165, 1.54) is 6.92 Å². The number of ether oxygens (including phenoxy) is 1. The molecular weight excluding hydrogens is 324 g/mol. The van der Waals surface area contributed by atoms with Gasteiger partial charge in [-0.25, -0.2) is 0 Å². The Kier molecular flexibility index (Phi) is 5.15. The van der Waals surface area contributed by atoms with Crippen molar-refractivity contribution in [2.24, 2.45) is 5.92 Å². The van der Waals surface area contributed by atoms with Crippen molar-refractivity contribution in [3.63, 3.8) is 0 Å². The maximum Gasteiger partial charge on any atom is 0.255 e. The van der Waals surface area contributed by atoms with Crippen LogP contribution in [0.15, 0.2) is 24.3 Å². The van der Waals surface area contributed by atoms with E-state index in [1.54, 1.807) is 24.3 Å². The van der Waals surface area contributed by atoms with Gasteiger partial charge in [0.2, 0.25) is 11.8 Å². The first-order chi connectivity index (χ1) is 12.0. The van der Waals surface area contributed by atoms with Crippen molar-refractivity contribution < 1.29 is 24.2 Å². The number of nitrogens with one attached hydrogen (secondary N) is 1. The smallest absolute Gasteiger partial charge is 0.255 e. The Morgan fingerprint density at radius 3 is 2.52 bits per heavy atom. The van der Waals surface area contributed by atoms with Gasteiger partial charge in [0.1, 0.15) is 12.7 Å². The van der Waals surface area contributed by atoms with Crippen molar-refractivity contribution in [2.45, 2.75) is 38.3 Å². The highest BCUT2D eigenvalue weighted by Gasteiger charge is 2.37. The molecule has 1 aromatic carbocycles. The Hall–Kier alpha value is -2.25. The van der Waals surface area contributed by atoms with Crippen LogP contribution in [-0.2, 0) is 19.1 Å². The molecule has 0 bridgehead atoms. The molecule has 2 unspecified atom stereocenters. The van der Waals surface area contributed by atoms with Gasteiger partial charge in [-0.05, 0) is 30.5 Å². The zero-order valence-corrected chi connectivity index (χ0v) is 14.1. The third-order valence-electron chi connectivity index (χ3n) is 4.81. The third-order valence-corrected chi connectivity index (χ3v) is 4.81. The number of nitrogens with zero attached hydrogens (tertiary/aromatic N) is 1. The maximum absolute atomic E-state index is 12.0. The first-order valence-corrected chi connectivity index (χ1v) is 8.46. The molecule has 2 atom stereocenters. The Morgan fingerprint density at radius 1 is 1.28 bits per heavy atom. The number of rotatable bonds is 4. The normalized spacial score (nSPS) is 22.2. The first kappa shape index (κ1) is 17.6. The van der Waals surface area contributed by atoms with Crippen molar-refractivity contribution in [2.75, 3.05) is 18.5 Å². The number of hydrogen-bond acceptors (Lipinski definition) is 5. The van der Waals surface area contributed by atoms with Gasteiger partial charge < -0.3 is 15.2 Å². The van der Waals surface area contributed by atoms with Crippen molar-refractivity contribution in [1.82, 2.24) is 4.90 Å². The van der Waals surface area contributed by atoms with Gasteiger partial charge in [-0.1, -0.05) is 18.6 Å². The summed E-state index contributed by atoms with van der Waals surface area (Å²) in [5.41, 5.74) is 1.21. The number of benzene rings is 1. The van der Waals surface area contributed by atoms with E-state index in [0.717, 1.165) is 24.2 Å². The Morgan fingerprint density at radius 2 is 1.96 bits per heavy atom. The molecule has 2 N–H and O–H groups in total. The average Bonchev–Trinajstić information content (AvgIpc) is 2.52. The quantitative estimate of drug-likeness (QED) is 0.855. The zero-order chi connectivity index (χ0) is 18.0. The summed E-state index contributed by atoms with van der Waals surface area (Å²) in [7, 11) is 0. The fourth-order valence-electron chi connectivity index (χ4n) is 3.14. The second-order valence-electron chi connectivity index (χ2n) is 6.55. The predicted molar refractivity (Wildman–Crippen MR) is 89.5 cm³/mol. The number of carbonyl (C=O) groups excluding carboxylic acids is 3. The van der Waals surface area contributed by atoms with E-state index in [9.17, 15) is 19.5 Å². The molecule has 1 saturated carbocycles. The molecule has 1 aromatic rings. The van der Waals surface area contributed by atoms with E-state index in [-0.39, 0.29) is 25.0 Å². The molecule has 134 valence electrons. The average molecular weight is 346 g/mol. The minimum absolute atomic E-state index is 0.0218. The van der Waals surface area contributed by atoms with Gasteiger partial charge in [0.05, 0.1) is 12.6 Å². The lowest BCUT2D eigenvalue weighted by Gasteiger charge is -2.36. The summed E-state index contributed by atoms with van der Waals surface area (Å²) in [5.74, 6) is -0.748. The molecule has 2 fully saturated rings. The zero-order valence-electron chi connectivity index (χ0n) is 14.1. The summed E-state index contributed by atoms with van der Waals surface area (Å²) < 4.78 is 5.18. The van der Waals surface area contributed by atoms with Crippen LogP contribution in [0.25, 0.3) is 0 Å². The largest absolute Gasteiger partial charge is 0.386 e. The Labute approximate surface area is 146 Å². The Balaban J connectivity index is 1.69. The molecule has 1 saturated heterocycles. The van der Waals surface area contributed by atoms with Crippen LogP contribution in [0.5, 0.6) is 0 Å². The molecular formula is C18H22N2O5. The molecule has 0 radical (unpaired) electrons. The number of anilines is 1. The van der Waals surface area contributed by atoms with E-state index >= 15 is 0 Å². The lowest BCUT2D eigenvalue weighted by molar-refractivity contribution is -0.163. The fraction of sp³-hybridized carbons (Fsp3) is 0.500. The standard InChI is InChI=1S/C18H22N2O5/c1-11(21)20-15(9-25-10-16(20)22)17(23)12-5-7-14(8-6-12)19-18(24)13-3-2-4-13/h5-8,13,15,17,23H,2-4,9-10H2,1H3,(H,19,24). The highest BCUT2D eigenvalue weighted by molar-refractivity contribution is 5.95. The molecule has 1 heterocycles. The summed E-state index contributed by atoms with van der Waals surface area (Å²) in [6.45, 7) is 1.23. The molecule has 25 heavy (non-hydrogen) atoms. The second kappa shape index (κ2) is 7.33. The third kappa shape index (κ3) is 3.72. The van der Waals surface area contributed by atoms with Crippen molar-refractivity contribution >= 4 is 23.4 Å². The highest BCUT2D eigenvalue weighted by atomic mass is 16.5. The van der Waals surface area contributed by atoms with Crippen molar-refractivity contribution in [3.05, 3.63) is 29.8 Å². The van der Waals surface area contributed by atoms with Crippen LogP contribution in [0.2, 0.25) is 0 Å². The molecule has 2 aliphatic rings. The molecule has 7 heteroatoms. The van der Waals surface area contributed by atoms with Crippen LogP contribution in [-0.4, -0.2) is 47.0 Å². The number of hydrogen-bond donors (Lipinski definition) is 2. The highest BCUT2D eigenvalue weighted by Crippen LogP contribution is 2.28. The van der Waals surface area contributed by atoms with Gasteiger partial charge >= 0.3 is 0 Å². The minimum atomic E-state index is -1.05. The van der Waals surface area contributed by atoms with Crippen LogP contribution in [0, 0.1) is 5.92 Å². The summed E-state index contributed by atoms with van der Waals surface area (Å²) in [5, 5.41) is 13.4. The molecule has 3 amide bonds. The number of aliphatic hydroxyl groups excluding tert-OH is 1. The van der Waals surface area contributed by atoms with Gasteiger partial charge in [-0.3, -0.25) is 19.3 Å². The van der Waals surface area contributed by atoms with Gasteiger partial charge in [0.25, 0.3) is 5.91 Å². The fourth-order valence-corrected chi connectivity index (χ4v) is 3.14. The number of morpholine rings is 1. The molecule has 7 nitrogen and oxygen atoms in total. The van der Waals surface area contributed by atoms with Gasteiger partial charge in [-0.2, -0.15) is 0 Å². The molecule has 0 spiro atoms. The minimum Gasteiger partial charge on any atom is -0.386 e. The van der Waals surface area contributed by atoms with E-state index < -0.39 is 24.0 Å². The summed E-state index contributed by atoms with van der Waals surface area (Å²) >= 11 is 0. The van der Waals surface area contributed by atoms with E-state index in [0.29, 0.717) is 11.3 Å². The van der Waals surface area contributed by atoms with Crippen LogP contribution in [0.1, 0.15) is 37.9 Å². The maximum atomic E-state index is 12.0. The number of imide groups is 1. The lowest BCUT2D eigenvalue weighted by atomic mass is 9.85. The topological polar surface area (TPSA) is 95.9 Å². The number of aliphatic hydroxyl groups is 1. The van der Waals surface area contributed by atoms with Crippen molar-refractivity contribution in [1.29, 1.82) is 0 Å². The van der Waals surface area contributed by atoms with E-state index in [2.05, 4.69) is 5.32 Å². The summed E-state index contributed by atoms with van der Waals surface area (Å²) in [6, 6.07) is 6.02. The van der Waals surface area contributed by atoms with Crippen LogP contribution < -0.4 is 5.32 Å². The van der Waals surface area contributed by atoms with E-state index in [1.807, 2.05) is 0 Å². The van der Waals surface area contributed by atoms with Crippen LogP contribution >= 0.6 is 0 Å². The van der Waals surface area contributed by atoms with Gasteiger partial charge in [0.15, 0.2) is 0 Å².